The molecule has 0 amide bonds. The Kier molecular flexibility index (Phi) is 3.93. The van der Waals surface area contributed by atoms with Gasteiger partial charge in [0.15, 0.2) is 11.5 Å². The van der Waals surface area contributed by atoms with Crippen molar-refractivity contribution in [3.63, 3.8) is 0 Å². The molecule has 4 aromatic rings. The second-order valence-corrected chi connectivity index (χ2v) is 6.00. The van der Waals surface area contributed by atoms with Gasteiger partial charge in [-0.1, -0.05) is 41.9 Å². The topological polar surface area (TPSA) is 47.1 Å². The summed E-state index contributed by atoms with van der Waals surface area (Å²) in [6.07, 6.45) is 1.29. The molecule has 0 spiro atoms. The van der Waals surface area contributed by atoms with E-state index in [1.165, 1.54) is 6.20 Å². The molecule has 0 aliphatic carbocycles. The summed E-state index contributed by atoms with van der Waals surface area (Å²) in [5, 5.41) is 1.35. The lowest BCUT2D eigenvalue weighted by molar-refractivity contribution is 0.285. The highest BCUT2D eigenvalue weighted by atomic mass is 35.5. The van der Waals surface area contributed by atoms with Crippen LogP contribution in [0.4, 0.5) is 4.39 Å². The highest BCUT2D eigenvalue weighted by Gasteiger charge is 2.16. The summed E-state index contributed by atoms with van der Waals surface area (Å²) < 4.78 is 25.5. The fourth-order valence-electron chi connectivity index (χ4n) is 2.85. The summed E-state index contributed by atoms with van der Waals surface area (Å²) in [6.45, 7) is 0.402. The summed E-state index contributed by atoms with van der Waals surface area (Å²) in [5.74, 6) is 0.504. The molecule has 0 unspecified atom stereocenters. The van der Waals surface area contributed by atoms with Crippen molar-refractivity contribution in [2.24, 2.45) is 0 Å². The summed E-state index contributed by atoms with van der Waals surface area (Å²) in [4.78, 5) is 6.82. The lowest BCUT2D eigenvalue weighted by atomic mass is 10.1. The summed E-state index contributed by atoms with van der Waals surface area (Å²) in [5.41, 5.74) is 2.25. The molecule has 2 aromatic heterocycles. The number of rotatable bonds is 4. The van der Waals surface area contributed by atoms with Crippen molar-refractivity contribution in [2.75, 3.05) is 7.11 Å². The van der Waals surface area contributed by atoms with E-state index in [9.17, 15) is 4.39 Å². The first kappa shape index (κ1) is 15.7. The van der Waals surface area contributed by atoms with Crippen LogP contribution in [0.3, 0.4) is 0 Å². The molecular formula is C19H14ClFN2O2. The standard InChI is InChI=1S/C19H14ClFN2O2/c1-24-15-7-12-14(23-18-13(20)9-22-19(21)17(12)18)8-16(15)25-10-11-5-3-2-4-6-11/h2-9,23H,10H2,1H3. The third kappa shape index (κ3) is 2.76. The first-order valence-corrected chi connectivity index (χ1v) is 8.05. The molecule has 2 aromatic carbocycles. The van der Waals surface area contributed by atoms with Gasteiger partial charge < -0.3 is 14.5 Å². The summed E-state index contributed by atoms with van der Waals surface area (Å²) >= 11 is 6.13. The van der Waals surface area contributed by atoms with Crippen LogP contribution in [0, 0.1) is 5.95 Å². The van der Waals surface area contributed by atoms with Gasteiger partial charge in [-0.15, -0.1) is 0 Å². The Bertz CT molecular complexity index is 1060. The molecule has 1 N–H and O–H groups in total. The molecule has 25 heavy (non-hydrogen) atoms. The average molecular weight is 357 g/mol. The molecule has 0 fully saturated rings. The predicted molar refractivity (Wildman–Crippen MR) is 95.9 cm³/mol. The molecule has 2 heterocycles. The van der Waals surface area contributed by atoms with Crippen molar-refractivity contribution in [1.29, 1.82) is 0 Å². The van der Waals surface area contributed by atoms with E-state index in [0.717, 1.165) is 5.56 Å². The van der Waals surface area contributed by atoms with Gasteiger partial charge in [-0.05, 0) is 11.6 Å². The quantitative estimate of drug-likeness (QED) is 0.518. The van der Waals surface area contributed by atoms with Crippen molar-refractivity contribution in [3.8, 4) is 11.5 Å². The van der Waals surface area contributed by atoms with Crippen LogP contribution in [0.25, 0.3) is 21.8 Å². The van der Waals surface area contributed by atoms with Crippen LogP contribution in [0.2, 0.25) is 5.02 Å². The summed E-state index contributed by atoms with van der Waals surface area (Å²) in [7, 11) is 1.55. The molecular weight excluding hydrogens is 343 g/mol. The van der Waals surface area contributed by atoms with Crippen LogP contribution >= 0.6 is 11.6 Å². The Labute approximate surface area is 148 Å². The largest absolute Gasteiger partial charge is 0.493 e. The van der Waals surface area contributed by atoms with Crippen molar-refractivity contribution in [2.45, 2.75) is 6.61 Å². The van der Waals surface area contributed by atoms with Crippen molar-refractivity contribution >= 4 is 33.4 Å². The number of aromatic nitrogens is 2. The lowest BCUT2D eigenvalue weighted by Crippen LogP contribution is -1.97. The van der Waals surface area contributed by atoms with Crippen molar-refractivity contribution in [1.82, 2.24) is 9.97 Å². The second-order valence-electron chi connectivity index (χ2n) is 5.59. The minimum Gasteiger partial charge on any atom is -0.493 e. The maximum atomic E-state index is 14.2. The van der Waals surface area contributed by atoms with Crippen LogP contribution in [-0.4, -0.2) is 17.1 Å². The molecule has 4 nitrogen and oxygen atoms in total. The Morgan fingerprint density at radius 2 is 1.96 bits per heavy atom. The number of hydrogen-bond acceptors (Lipinski definition) is 3. The van der Waals surface area contributed by atoms with Crippen molar-refractivity contribution < 1.29 is 13.9 Å². The molecule has 0 saturated heterocycles. The molecule has 0 aliphatic heterocycles. The van der Waals surface area contributed by atoms with Crippen LogP contribution in [0.5, 0.6) is 11.5 Å². The number of nitrogens with one attached hydrogen (secondary N) is 1. The normalized spacial score (nSPS) is 11.2. The number of pyridine rings is 1. The minimum atomic E-state index is -0.578. The monoisotopic (exact) mass is 356 g/mol. The van der Waals surface area contributed by atoms with Gasteiger partial charge >= 0.3 is 0 Å². The molecule has 0 atom stereocenters. The van der Waals surface area contributed by atoms with E-state index in [1.807, 2.05) is 30.3 Å². The van der Waals surface area contributed by atoms with E-state index >= 15 is 0 Å². The Hall–Kier alpha value is -2.79. The first-order chi connectivity index (χ1) is 12.2. The van der Waals surface area contributed by atoms with E-state index in [1.54, 1.807) is 19.2 Å². The first-order valence-electron chi connectivity index (χ1n) is 7.67. The van der Waals surface area contributed by atoms with Gasteiger partial charge in [-0.2, -0.15) is 4.39 Å². The van der Waals surface area contributed by atoms with Crippen LogP contribution < -0.4 is 9.47 Å². The van der Waals surface area contributed by atoms with Gasteiger partial charge in [-0.3, -0.25) is 0 Å². The zero-order valence-corrected chi connectivity index (χ0v) is 14.1. The van der Waals surface area contributed by atoms with Crippen LogP contribution in [0.15, 0.2) is 48.7 Å². The Morgan fingerprint density at radius 3 is 2.72 bits per heavy atom. The van der Waals surface area contributed by atoms with E-state index in [0.29, 0.717) is 44.9 Å². The molecule has 6 heteroatoms. The smallest absolute Gasteiger partial charge is 0.223 e. The number of ether oxygens (including phenoxy) is 2. The number of halogens is 2. The minimum absolute atomic E-state index is 0.343. The van der Waals surface area contributed by atoms with Gasteiger partial charge in [-0.25, -0.2) is 4.98 Å². The van der Waals surface area contributed by atoms with Crippen LogP contribution in [0.1, 0.15) is 5.56 Å². The van der Waals surface area contributed by atoms with Gasteiger partial charge in [0.2, 0.25) is 5.95 Å². The number of benzene rings is 2. The van der Waals surface area contributed by atoms with Gasteiger partial charge in [0.25, 0.3) is 0 Å². The third-order valence-corrected chi connectivity index (χ3v) is 4.34. The Balaban J connectivity index is 1.81. The zero-order chi connectivity index (χ0) is 17.4. The fourth-order valence-corrected chi connectivity index (χ4v) is 3.04. The predicted octanol–water partition coefficient (Wildman–Crippen LogP) is 5.10. The van der Waals surface area contributed by atoms with E-state index in [4.69, 9.17) is 21.1 Å². The van der Waals surface area contributed by atoms with E-state index in [2.05, 4.69) is 9.97 Å². The fraction of sp³-hybridized carbons (Fsp3) is 0.105. The Morgan fingerprint density at radius 1 is 1.16 bits per heavy atom. The van der Waals surface area contributed by atoms with E-state index < -0.39 is 5.95 Å². The number of fused-ring (bicyclic) bond motifs is 3. The van der Waals surface area contributed by atoms with Gasteiger partial charge in [0.05, 0.1) is 34.7 Å². The molecule has 0 bridgehead atoms. The number of aromatic amines is 1. The highest BCUT2D eigenvalue weighted by molar-refractivity contribution is 6.36. The van der Waals surface area contributed by atoms with Gasteiger partial charge in [0, 0.05) is 11.5 Å². The number of nitrogens with zero attached hydrogens (tertiary/aromatic N) is 1. The highest BCUT2D eigenvalue weighted by Crippen LogP contribution is 2.38. The molecule has 0 saturated carbocycles. The SMILES string of the molecule is COc1cc2c(cc1OCc1ccccc1)[nH]c1c(Cl)cnc(F)c12. The second kappa shape index (κ2) is 6.26. The number of H-pyrrole nitrogens is 1. The summed E-state index contributed by atoms with van der Waals surface area (Å²) in [6, 6.07) is 13.3. The molecule has 126 valence electrons. The molecule has 4 rings (SSSR count). The van der Waals surface area contributed by atoms with Crippen LogP contribution in [-0.2, 0) is 6.61 Å². The maximum absolute atomic E-state index is 14.2. The maximum Gasteiger partial charge on any atom is 0.223 e. The molecule has 0 aliphatic rings. The average Bonchev–Trinajstić information content (AvgIpc) is 3.02. The molecule has 0 radical (unpaired) electrons. The van der Waals surface area contributed by atoms with Gasteiger partial charge in [0.1, 0.15) is 6.61 Å². The lowest BCUT2D eigenvalue weighted by Gasteiger charge is -2.11. The van der Waals surface area contributed by atoms with Crippen molar-refractivity contribution in [3.05, 3.63) is 65.2 Å². The number of hydrogen-bond donors (Lipinski definition) is 1. The zero-order valence-electron chi connectivity index (χ0n) is 13.3. The number of methoxy groups -OCH3 is 1. The third-order valence-electron chi connectivity index (χ3n) is 4.06. The van der Waals surface area contributed by atoms with E-state index in [-0.39, 0.29) is 0 Å².